The predicted octanol–water partition coefficient (Wildman–Crippen LogP) is 3.90. The van der Waals surface area contributed by atoms with Gasteiger partial charge in [-0.3, -0.25) is 9.59 Å². The Balaban J connectivity index is 2.22. The lowest BCUT2D eigenvalue weighted by Crippen LogP contribution is -2.27. The third kappa shape index (κ3) is 3.78. The number of hydrogen-bond acceptors (Lipinski definition) is 2. The minimum Gasteiger partial charge on any atom is -0.326 e. The van der Waals surface area contributed by atoms with Gasteiger partial charge >= 0.3 is 0 Å². The quantitative estimate of drug-likeness (QED) is 0.867. The largest absolute Gasteiger partial charge is 0.326 e. The van der Waals surface area contributed by atoms with Crippen LogP contribution in [0, 0.1) is 5.41 Å². The Morgan fingerprint density at radius 3 is 2.10 bits per heavy atom. The summed E-state index contributed by atoms with van der Waals surface area (Å²) < 4.78 is 0. The van der Waals surface area contributed by atoms with Crippen molar-refractivity contribution in [3.8, 4) is 0 Å². The summed E-state index contributed by atoms with van der Waals surface area (Å²) in [6.45, 7) is 5.55. The monoisotopic (exact) mass is 281 g/mol. The van der Waals surface area contributed by atoms with E-state index in [9.17, 15) is 9.59 Å². The van der Waals surface area contributed by atoms with E-state index in [4.69, 9.17) is 0 Å². The van der Waals surface area contributed by atoms with Crippen LogP contribution >= 0.6 is 0 Å². The van der Waals surface area contributed by atoms with Gasteiger partial charge in [0.2, 0.25) is 5.91 Å². The number of amides is 1. The number of rotatable bonds is 3. The SMILES string of the molecule is CC(C)(C)C(=O)Nc1cccc(C(=O)c2ccccc2)c1. The number of ketones is 1. The lowest BCUT2D eigenvalue weighted by Gasteiger charge is -2.17. The molecule has 0 aliphatic rings. The second-order valence-corrected chi connectivity index (χ2v) is 5.98. The Labute approximate surface area is 125 Å². The minimum absolute atomic E-state index is 0.0533. The summed E-state index contributed by atoms with van der Waals surface area (Å²) in [5.74, 6) is -0.130. The molecular formula is C18H19NO2. The second kappa shape index (κ2) is 5.92. The number of benzene rings is 2. The summed E-state index contributed by atoms with van der Waals surface area (Å²) in [6.07, 6.45) is 0. The molecule has 0 aliphatic carbocycles. The van der Waals surface area contributed by atoms with Crippen molar-refractivity contribution in [3.63, 3.8) is 0 Å². The second-order valence-electron chi connectivity index (χ2n) is 5.98. The molecule has 0 aromatic heterocycles. The van der Waals surface area contributed by atoms with E-state index in [0.717, 1.165) is 0 Å². The smallest absolute Gasteiger partial charge is 0.229 e. The highest BCUT2D eigenvalue weighted by atomic mass is 16.2. The van der Waals surface area contributed by atoms with Gasteiger partial charge in [0.05, 0.1) is 0 Å². The van der Waals surface area contributed by atoms with E-state index in [1.54, 1.807) is 36.4 Å². The van der Waals surface area contributed by atoms with Gasteiger partial charge in [0.1, 0.15) is 0 Å². The first kappa shape index (κ1) is 15.0. The zero-order valence-electron chi connectivity index (χ0n) is 12.5. The molecule has 3 nitrogen and oxygen atoms in total. The van der Waals surface area contributed by atoms with E-state index >= 15 is 0 Å². The molecular weight excluding hydrogens is 262 g/mol. The Morgan fingerprint density at radius 2 is 1.48 bits per heavy atom. The first-order chi connectivity index (χ1) is 9.88. The molecule has 21 heavy (non-hydrogen) atoms. The van der Waals surface area contributed by atoms with Gasteiger partial charge in [-0.1, -0.05) is 63.2 Å². The predicted molar refractivity (Wildman–Crippen MR) is 84.4 cm³/mol. The first-order valence-electron chi connectivity index (χ1n) is 6.89. The van der Waals surface area contributed by atoms with Crippen LogP contribution in [0.1, 0.15) is 36.7 Å². The zero-order valence-corrected chi connectivity index (χ0v) is 12.5. The normalized spacial score (nSPS) is 11.0. The lowest BCUT2D eigenvalue weighted by atomic mass is 9.95. The van der Waals surface area contributed by atoms with Gasteiger partial charge in [-0.05, 0) is 12.1 Å². The van der Waals surface area contributed by atoms with Gasteiger partial charge in [-0.25, -0.2) is 0 Å². The molecule has 1 amide bonds. The van der Waals surface area contributed by atoms with Crippen molar-refractivity contribution in [3.05, 3.63) is 65.7 Å². The fourth-order valence-electron chi connectivity index (χ4n) is 1.81. The van der Waals surface area contributed by atoms with Crippen LogP contribution in [0.4, 0.5) is 5.69 Å². The Hall–Kier alpha value is -2.42. The molecule has 2 aromatic carbocycles. The van der Waals surface area contributed by atoms with Crippen molar-refractivity contribution < 1.29 is 9.59 Å². The van der Waals surface area contributed by atoms with Crippen LogP contribution in [0.15, 0.2) is 54.6 Å². The summed E-state index contributed by atoms with van der Waals surface area (Å²) in [4.78, 5) is 24.4. The maximum absolute atomic E-state index is 12.4. The molecule has 0 aliphatic heterocycles. The van der Waals surface area contributed by atoms with Crippen LogP contribution in [0.25, 0.3) is 0 Å². The van der Waals surface area contributed by atoms with E-state index in [1.807, 2.05) is 39.0 Å². The maximum atomic E-state index is 12.4. The number of nitrogens with one attached hydrogen (secondary N) is 1. The summed E-state index contributed by atoms with van der Waals surface area (Å²) >= 11 is 0. The standard InChI is InChI=1S/C18H19NO2/c1-18(2,3)17(21)19-15-11-7-10-14(12-15)16(20)13-8-5-4-6-9-13/h4-12H,1-3H3,(H,19,21). The number of carbonyl (C=O) groups is 2. The van der Waals surface area contributed by atoms with E-state index in [1.165, 1.54) is 0 Å². The van der Waals surface area contributed by atoms with Gasteiger partial charge in [0.15, 0.2) is 5.78 Å². The van der Waals surface area contributed by atoms with Gasteiger partial charge < -0.3 is 5.32 Å². The van der Waals surface area contributed by atoms with Crippen molar-refractivity contribution in [1.82, 2.24) is 0 Å². The molecule has 0 saturated heterocycles. The molecule has 0 spiro atoms. The van der Waals surface area contributed by atoms with E-state index in [2.05, 4.69) is 5.32 Å². The zero-order chi connectivity index (χ0) is 15.5. The molecule has 3 heteroatoms. The molecule has 0 heterocycles. The number of carbonyl (C=O) groups excluding carboxylic acids is 2. The van der Waals surface area contributed by atoms with Gasteiger partial charge in [0, 0.05) is 22.2 Å². The fourth-order valence-corrected chi connectivity index (χ4v) is 1.81. The van der Waals surface area contributed by atoms with Crippen molar-refractivity contribution in [2.45, 2.75) is 20.8 Å². The van der Waals surface area contributed by atoms with Crippen LogP contribution in [0.3, 0.4) is 0 Å². The summed E-state index contributed by atoms with van der Waals surface area (Å²) in [5, 5.41) is 2.84. The fraction of sp³-hybridized carbons (Fsp3) is 0.222. The topological polar surface area (TPSA) is 46.2 Å². The highest BCUT2D eigenvalue weighted by Crippen LogP contribution is 2.19. The van der Waals surface area contributed by atoms with Crippen molar-refractivity contribution >= 4 is 17.4 Å². The first-order valence-corrected chi connectivity index (χ1v) is 6.89. The highest BCUT2D eigenvalue weighted by molar-refractivity contribution is 6.09. The Morgan fingerprint density at radius 1 is 0.857 bits per heavy atom. The summed E-state index contributed by atoms with van der Waals surface area (Å²) in [7, 11) is 0. The summed E-state index contributed by atoms with van der Waals surface area (Å²) in [5.41, 5.74) is 1.36. The molecule has 0 bridgehead atoms. The molecule has 108 valence electrons. The van der Waals surface area contributed by atoms with Crippen LogP contribution in [0.5, 0.6) is 0 Å². The van der Waals surface area contributed by atoms with Gasteiger partial charge in [-0.15, -0.1) is 0 Å². The van der Waals surface area contributed by atoms with Crippen LogP contribution in [-0.4, -0.2) is 11.7 Å². The van der Waals surface area contributed by atoms with Gasteiger partial charge in [-0.2, -0.15) is 0 Å². The Kier molecular flexibility index (Phi) is 4.22. The Bertz CT molecular complexity index is 654. The van der Waals surface area contributed by atoms with Crippen LogP contribution in [-0.2, 0) is 4.79 Å². The average Bonchev–Trinajstić information content (AvgIpc) is 2.46. The molecule has 0 unspecified atom stereocenters. The number of anilines is 1. The van der Waals surface area contributed by atoms with E-state index in [-0.39, 0.29) is 11.7 Å². The van der Waals surface area contributed by atoms with Crippen LogP contribution in [0.2, 0.25) is 0 Å². The molecule has 2 rings (SSSR count). The molecule has 0 atom stereocenters. The minimum atomic E-state index is -0.473. The van der Waals surface area contributed by atoms with E-state index in [0.29, 0.717) is 16.8 Å². The van der Waals surface area contributed by atoms with Crippen molar-refractivity contribution in [2.24, 2.45) is 5.41 Å². The third-order valence-corrected chi connectivity index (χ3v) is 3.10. The number of hydrogen-bond donors (Lipinski definition) is 1. The highest BCUT2D eigenvalue weighted by Gasteiger charge is 2.21. The average molecular weight is 281 g/mol. The molecule has 0 radical (unpaired) electrons. The third-order valence-electron chi connectivity index (χ3n) is 3.10. The molecule has 2 aromatic rings. The van der Waals surface area contributed by atoms with Crippen molar-refractivity contribution in [2.75, 3.05) is 5.32 Å². The molecule has 1 N–H and O–H groups in total. The maximum Gasteiger partial charge on any atom is 0.229 e. The molecule has 0 fully saturated rings. The summed E-state index contributed by atoms with van der Waals surface area (Å²) in [6, 6.07) is 16.1. The lowest BCUT2D eigenvalue weighted by molar-refractivity contribution is -0.123. The molecule has 0 saturated carbocycles. The van der Waals surface area contributed by atoms with Gasteiger partial charge in [0.25, 0.3) is 0 Å². The van der Waals surface area contributed by atoms with Crippen LogP contribution < -0.4 is 5.32 Å². The van der Waals surface area contributed by atoms with Crippen molar-refractivity contribution in [1.29, 1.82) is 0 Å². The van der Waals surface area contributed by atoms with E-state index < -0.39 is 5.41 Å².